The van der Waals surface area contributed by atoms with Crippen LogP contribution in [-0.2, 0) is 5.88 Å². The van der Waals surface area contributed by atoms with Gasteiger partial charge in [0.2, 0.25) is 0 Å². The SMILES string of the molecule is Cc1ccc(F)c(-n2c(CCl)nc3ccc(Br)cc32)c1F. The van der Waals surface area contributed by atoms with Gasteiger partial charge in [-0.25, -0.2) is 13.8 Å². The summed E-state index contributed by atoms with van der Waals surface area (Å²) in [5.74, 6) is -0.809. The van der Waals surface area contributed by atoms with Crippen LogP contribution in [0.5, 0.6) is 0 Å². The van der Waals surface area contributed by atoms with Crippen molar-refractivity contribution in [2.45, 2.75) is 12.8 Å². The summed E-state index contributed by atoms with van der Waals surface area (Å²) in [7, 11) is 0. The van der Waals surface area contributed by atoms with E-state index in [1.165, 1.54) is 16.7 Å². The highest BCUT2D eigenvalue weighted by Gasteiger charge is 2.20. The topological polar surface area (TPSA) is 17.8 Å². The third-order valence-corrected chi connectivity index (χ3v) is 4.02. The van der Waals surface area contributed by atoms with E-state index in [1.54, 1.807) is 19.1 Å². The maximum atomic E-state index is 14.4. The summed E-state index contributed by atoms with van der Waals surface area (Å²) in [4.78, 5) is 4.34. The van der Waals surface area contributed by atoms with Crippen molar-refractivity contribution in [2.24, 2.45) is 0 Å². The molecule has 3 aromatic rings. The Kier molecular flexibility index (Phi) is 3.71. The first kappa shape index (κ1) is 14.5. The minimum Gasteiger partial charge on any atom is -0.290 e. The van der Waals surface area contributed by atoms with Gasteiger partial charge in [0, 0.05) is 4.47 Å². The Morgan fingerprint density at radius 3 is 2.71 bits per heavy atom. The second kappa shape index (κ2) is 5.39. The van der Waals surface area contributed by atoms with E-state index >= 15 is 0 Å². The van der Waals surface area contributed by atoms with E-state index in [1.807, 2.05) is 6.07 Å². The summed E-state index contributed by atoms with van der Waals surface area (Å²) in [5.41, 5.74) is 1.45. The number of fused-ring (bicyclic) bond motifs is 1. The van der Waals surface area contributed by atoms with Crippen LogP contribution < -0.4 is 0 Å². The van der Waals surface area contributed by atoms with Crippen molar-refractivity contribution in [2.75, 3.05) is 0 Å². The molecule has 1 aromatic heterocycles. The Labute approximate surface area is 133 Å². The van der Waals surface area contributed by atoms with Crippen molar-refractivity contribution in [1.29, 1.82) is 0 Å². The van der Waals surface area contributed by atoms with E-state index in [4.69, 9.17) is 11.6 Å². The second-order valence-electron chi connectivity index (χ2n) is 4.66. The van der Waals surface area contributed by atoms with Gasteiger partial charge in [0.15, 0.2) is 5.82 Å². The fourth-order valence-corrected chi connectivity index (χ4v) is 2.81. The van der Waals surface area contributed by atoms with Crippen LogP contribution in [-0.4, -0.2) is 9.55 Å². The summed E-state index contributed by atoms with van der Waals surface area (Å²) in [6.07, 6.45) is 0. The van der Waals surface area contributed by atoms with Gasteiger partial charge in [0.25, 0.3) is 0 Å². The molecule has 108 valence electrons. The quantitative estimate of drug-likeness (QED) is 0.572. The van der Waals surface area contributed by atoms with E-state index in [-0.39, 0.29) is 11.6 Å². The molecule has 0 radical (unpaired) electrons. The van der Waals surface area contributed by atoms with Crippen molar-refractivity contribution in [3.05, 3.63) is 57.8 Å². The van der Waals surface area contributed by atoms with Gasteiger partial charge in [-0.2, -0.15) is 0 Å². The molecule has 0 fully saturated rings. The second-order valence-corrected chi connectivity index (χ2v) is 5.84. The minimum absolute atomic E-state index is 0.0547. The Morgan fingerprint density at radius 2 is 2.00 bits per heavy atom. The zero-order valence-electron chi connectivity index (χ0n) is 11.0. The molecule has 6 heteroatoms. The summed E-state index contributed by atoms with van der Waals surface area (Å²) in [5, 5.41) is 0. The van der Waals surface area contributed by atoms with E-state index in [0.717, 1.165) is 4.47 Å². The van der Waals surface area contributed by atoms with Crippen LogP contribution in [0.25, 0.3) is 16.7 Å². The molecule has 0 spiro atoms. The molecule has 0 amide bonds. The van der Waals surface area contributed by atoms with Gasteiger partial charge in [-0.05, 0) is 36.8 Å². The third kappa shape index (κ3) is 2.34. The van der Waals surface area contributed by atoms with Crippen LogP contribution in [0.3, 0.4) is 0 Å². The number of aryl methyl sites for hydroxylation is 1. The first-order valence-electron chi connectivity index (χ1n) is 6.20. The summed E-state index contributed by atoms with van der Waals surface area (Å²) in [6, 6.07) is 8.01. The van der Waals surface area contributed by atoms with Crippen molar-refractivity contribution in [1.82, 2.24) is 9.55 Å². The third-order valence-electron chi connectivity index (χ3n) is 3.29. The molecule has 0 N–H and O–H groups in total. The van der Waals surface area contributed by atoms with Crippen LogP contribution in [0.4, 0.5) is 8.78 Å². The van der Waals surface area contributed by atoms with Crippen molar-refractivity contribution in [3.8, 4) is 5.69 Å². The first-order chi connectivity index (χ1) is 10.0. The number of nitrogens with zero attached hydrogens (tertiary/aromatic N) is 2. The Hall–Kier alpha value is -1.46. The molecule has 2 nitrogen and oxygen atoms in total. The molecule has 0 saturated heterocycles. The number of halogens is 4. The smallest absolute Gasteiger partial charge is 0.153 e. The predicted octanol–water partition coefficient (Wildman–Crippen LogP) is 5.11. The molecule has 0 unspecified atom stereocenters. The van der Waals surface area contributed by atoms with Crippen molar-refractivity contribution >= 4 is 38.6 Å². The predicted molar refractivity (Wildman–Crippen MR) is 83.0 cm³/mol. The van der Waals surface area contributed by atoms with Gasteiger partial charge in [0.05, 0.1) is 16.9 Å². The lowest BCUT2D eigenvalue weighted by molar-refractivity contribution is 0.563. The van der Waals surface area contributed by atoms with Gasteiger partial charge in [-0.3, -0.25) is 4.57 Å². The normalized spacial score (nSPS) is 11.3. The molecule has 1 heterocycles. The monoisotopic (exact) mass is 370 g/mol. The van der Waals surface area contributed by atoms with Crippen molar-refractivity contribution < 1.29 is 8.78 Å². The lowest BCUT2D eigenvalue weighted by Crippen LogP contribution is -2.06. The molecule has 21 heavy (non-hydrogen) atoms. The standard InChI is InChI=1S/C15H10BrClF2N2/c1-8-2-4-10(18)15(14(8)19)21-12-6-9(16)3-5-11(12)20-13(21)7-17/h2-6H,7H2,1H3. The molecule has 0 atom stereocenters. The molecule has 0 bridgehead atoms. The molecule has 0 saturated carbocycles. The lowest BCUT2D eigenvalue weighted by atomic mass is 10.2. The van der Waals surface area contributed by atoms with Gasteiger partial charge >= 0.3 is 0 Å². The van der Waals surface area contributed by atoms with E-state index in [9.17, 15) is 8.78 Å². The average Bonchev–Trinajstić information content (AvgIpc) is 2.81. The Morgan fingerprint density at radius 1 is 1.24 bits per heavy atom. The van der Waals surface area contributed by atoms with Gasteiger partial charge < -0.3 is 0 Å². The first-order valence-corrected chi connectivity index (χ1v) is 7.53. The van der Waals surface area contributed by atoms with E-state index in [0.29, 0.717) is 22.4 Å². The van der Waals surface area contributed by atoms with Crippen LogP contribution in [0, 0.1) is 18.6 Å². The fraction of sp³-hybridized carbons (Fsp3) is 0.133. The maximum Gasteiger partial charge on any atom is 0.153 e. The zero-order chi connectivity index (χ0) is 15.1. The molecule has 2 aromatic carbocycles. The molecular weight excluding hydrogens is 362 g/mol. The van der Waals surface area contributed by atoms with Gasteiger partial charge in [-0.1, -0.05) is 22.0 Å². The number of imidazole rings is 1. The number of hydrogen-bond donors (Lipinski definition) is 0. The highest BCUT2D eigenvalue weighted by Crippen LogP contribution is 2.29. The number of rotatable bonds is 2. The average molecular weight is 372 g/mol. The largest absolute Gasteiger partial charge is 0.290 e. The van der Waals surface area contributed by atoms with Gasteiger partial charge in [-0.15, -0.1) is 11.6 Å². The molecular formula is C15H10BrClF2N2. The van der Waals surface area contributed by atoms with Crippen LogP contribution in [0.15, 0.2) is 34.8 Å². The summed E-state index contributed by atoms with van der Waals surface area (Å²) < 4.78 is 30.9. The number of alkyl halides is 1. The van der Waals surface area contributed by atoms with E-state index < -0.39 is 11.6 Å². The molecule has 0 aliphatic rings. The van der Waals surface area contributed by atoms with Crippen LogP contribution >= 0.6 is 27.5 Å². The molecule has 3 rings (SSSR count). The number of benzene rings is 2. The van der Waals surface area contributed by atoms with Gasteiger partial charge in [0.1, 0.15) is 17.3 Å². The van der Waals surface area contributed by atoms with Crippen molar-refractivity contribution in [3.63, 3.8) is 0 Å². The van der Waals surface area contributed by atoms with Crippen LogP contribution in [0.2, 0.25) is 0 Å². The highest BCUT2D eigenvalue weighted by atomic mass is 79.9. The fourth-order valence-electron chi connectivity index (χ4n) is 2.28. The van der Waals surface area contributed by atoms with Crippen LogP contribution in [0.1, 0.15) is 11.4 Å². The summed E-state index contributed by atoms with van der Waals surface area (Å²) in [6.45, 7) is 1.59. The van der Waals surface area contributed by atoms with E-state index in [2.05, 4.69) is 20.9 Å². The Bertz CT molecular complexity index is 845. The number of hydrogen-bond acceptors (Lipinski definition) is 1. The highest BCUT2D eigenvalue weighted by molar-refractivity contribution is 9.10. The summed E-state index contributed by atoms with van der Waals surface area (Å²) >= 11 is 9.26. The lowest BCUT2D eigenvalue weighted by Gasteiger charge is -2.12. The number of aromatic nitrogens is 2. The maximum absolute atomic E-state index is 14.4. The zero-order valence-corrected chi connectivity index (χ0v) is 13.3. The minimum atomic E-state index is -0.649. The molecule has 0 aliphatic heterocycles. The molecule has 0 aliphatic carbocycles. The Balaban J connectivity index is 2.44.